The van der Waals surface area contributed by atoms with Gasteiger partial charge in [0.1, 0.15) is 5.75 Å². The van der Waals surface area contributed by atoms with Crippen molar-refractivity contribution in [3.8, 4) is 5.75 Å². The van der Waals surface area contributed by atoms with Gasteiger partial charge in [-0.2, -0.15) is 0 Å². The molecule has 0 atom stereocenters. The van der Waals surface area contributed by atoms with E-state index in [1.165, 1.54) is 27.8 Å². The van der Waals surface area contributed by atoms with Gasteiger partial charge in [0.25, 0.3) is 15.9 Å². The van der Waals surface area contributed by atoms with Crippen LogP contribution < -0.4 is 13.9 Å². The summed E-state index contributed by atoms with van der Waals surface area (Å²) in [5.74, 6) is 0.538. The number of para-hydroxylation sites is 1. The van der Waals surface area contributed by atoms with Gasteiger partial charge in [-0.15, -0.1) is 0 Å². The Kier molecular flexibility index (Phi) is 9.21. The van der Waals surface area contributed by atoms with Gasteiger partial charge in [-0.1, -0.05) is 29.5 Å². The Balaban J connectivity index is 1.63. The fourth-order valence-electron chi connectivity index (χ4n) is 4.23. The monoisotopic (exact) mass is 566 g/mol. The lowest BCUT2D eigenvalue weighted by atomic mass is 10.2. The van der Waals surface area contributed by atoms with E-state index in [9.17, 15) is 13.2 Å². The number of thiazole rings is 1. The van der Waals surface area contributed by atoms with Crippen molar-refractivity contribution in [2.24, 2.45) is 0 Å². The van der Waals surface area contributed by atoms with Crippen molar-refractivity contribution in [1.29, 1.82) is 0 Å². The highest BCUT2D eigenvalue weighted by Crippen LogP contribution is 2.33. The first-order chi connectivity index (χ1) is 18.7. The first-order valence-corrected chi connectivity index (χ1v) is 15.2. The molecule has 0 fully saturated rings. The molecule has 3 aromatic carbocycles. The number of rotatable bonds is 12. The van der Waals surface area contributed by atoms with Gasteiger partial charge in [-0.3, -0.25) is 14.0 Å². The van der Waals surface area contributed by atoms with Crippen molar-refractivity contribution in [2.45, 2.75) is 25.2 Å². The van der Waals surface area contributed by atoms with Gasteiger partial charge < -0.3 is 9.64 Å². The number of nitrogens with zero attached hydrogens (tertiary/aromatic N) is 4. The molecule has 4 aromatic rings. The zero-order chi connectivity index (χ0) is 28.0. The van der Waals surface area contributed by atoms with Crippen molar-refractivity contribution >= 4 is 48.3 Å². The maximum absolute atomic E-state index is 13.7. The van der Waals surface area contributed by atoms with E-state index in [4.69, 9.17) is 9.72 Å². The summed E-state index contributed by atoms with van der Waals surface area (Å²) in [4.78, 5) is 22.4. The molecule has 4 rings (SSSR count). The molecule has 0 aliphatic rings. The van der Waals surface area contributed by atoms with E-state index >= 15 is 0 Å². The second-order valence-corrected chi connectivity index (χ2v) is 12.1. The van der Waals surface area contributed by atoms with Crippen LogP contribution in [0.15, 0.2) is 77.7 Å². The van der Waals surface area contributed by atoms with Gasteiger partial charge in [-0.05, 0) is 95.5 Å². The van der Waals surface area contributed by atoms with Crippen LogP contribution >= 0.6 is 11.3 Å². The Bertz CT molecular complexity index is 1500. The number of amides is 1. The SMILES string of the molecule is CCOc1ccc2nc(N(CCCN(C)C)C(=O)c3ccc(S(=O)(=O)N(CC)c4ccccc4)cc3)sc2c1. The smallest absolute Gasteiger partial charge is 0.264 e. The van der Waals surface area contributed by atoms with Crippen molar-refractivity contribution in [3.63, 3.8) is 0 Å². The predicted octanol–water partition coefficient (Wildman–Crippen LogP) is 5.51. The second kappa shape index (κ2) is 12.6. The van der Waals surface area contributed by atoms with Gasteiger partial charge >= 0.3 is 0 Å². The fourth-order valence-corrected chi connectivity index (χ4v) is 6.72. The van der Waals surface area contributed by atoms with Gasteiger partial charge in [0.2, 0.25) is 0 Å². The van der Waals surface area contributed by atoms with Crippen LogP contribution in [0.3, 0.4) is 0 Å². The molecular formula is C29H34N4O4S2. The molecule has 1 aromatic heterocycles. The lowest BCUT2D eigenvalue weighted by molar-refractivity contribution is 0.0986. The third kappa shape index (κ3) is 6.58. The Labute approximate surface area is 234 Å². The molecule has 8 nitrogen and oxygen atoms in total. The highest BCUT2D eigenvalue weighted by molar-refractivity contribution is 7.92. The molecule has 0 unspecified atom stereocenters. The third-order valence-corrected chi connectivity index (χ3v) is 9.10. The Morgan fingerprint density at radius 1 is 0.949 bits per heavy atom. The molecule has 0 spiro atoms. The third-order valence-electron chi connectivity index (χ3n) is 6.14. The van der Waals surface area contributed by atoms with Crippen molar-refractivity contribution in [2.75, 3.05) is 49.5 Å². The zero-order valence-electron chi connectivity index (χ0n) is 22.7. The molecule has 0 radical (unpaired) electrons. The van der Waals surface area contributed by atoms with Crippen LogP contribution in [0, 0.1) is 0 Å². The van der Waals surface area contributed by atoms with Crippen LogP contribution in [-0.4, -0.2) is 64.5 Å². The fraction of sp³-hybridized carbons (Fsp3) is 0.310. The van der Waals surface area contributed by atoms with Crippen LogP contribution in [0.1, 0.15) is 30.6 Å². The van der Waals surface area contributed by atoms with E-state index in [0.29, 0.717) is 29.5 Å². The lowest BCUT2D eigenvalue weighted by Crippen LogP contribution is -2.33. The summed E-state index contributed by atoms with van der Waals surface area (Å²) in [5.41, 5.74) is 1.79. The van der Waals surface area contributed by atoms with Crippen LogP contribution in [0.4, 0.5) is 10.8 Å². The molecule has 0 aliphatic carbocycles. The summed E-state index contributed by atoms with van der Waals surface area (Å²) in [6, 6.07) is 20.8. The normalized spacial score (nSPS) is 11.6. The summed E-state index contributed by atoms with van der Waals surface area (Å²) < 4.78 is 34.7. The molecule has 0 saturated carbocycles. The first-order valence-electron chi connectivity index (χ1n) is 12.9. The van der Waals surface area contributed by atoms with E-state index < -0.39 is 10.0 Å². The minimum absolute atomic E-state index is 0.132. The summed E-state index contributed by atoms with van der Waals surface area (Å²) in [7, 11) is 0.198. The molecule has 0 bridgehead atoms. The number of aromatic nitrogens is 1. The highest BCUT2D eigenvalue weighted by atomic mass is 32.2. The minimum atomic E-state index is -3.79. The molecule has 0 saturated heterocycles. The molecular weight excluding hydrogens is 532 g/mol. The molecule has 39 heavy (non-hydrogen) atoms. The van der Waals surface area contributed by atoms with Crippen LogP contribution in [0.25, 0.3) is 10.2 Å². The van der Waals surface area contributed by atoms with Gasteiger partial charge in [-0.25, -0.2) is 13.4 Å². The van der Waals surface area contributed by atoms with E-state index in [-0.39, 0.29) is 17.3 Å². The number of carbonyl (C=O) groups is 1. The number of ether oxygens (including phenoxy) is 1. The highest BCUT2D eigenvalue weighted by Gasteiger charge is 2.25. The summed E-state index contributed by atoms with van der Waals surface area (Å²) in [6.07, 6.45) is 0.758. The number of hydrogen-bond donors (Lipinski definition) is 0. The maximum Gasteiger partial charge on any atom is 0.264 e. The molecule has 0 N–H and O–H groups in total. The molecule has 10 heteroatoms. The number of carbonyl (C=O) groups excluding carboxylic acids is 1. The summed E-state index contributed by atoms with van der Waals surface area (Å²) in [6.45, 7) is 5.88. The molecule has 206 valence electrons. The van der Waals surface area contributed by atoms with Crippen molar-refractivity contribution in [3.05, 3.63) is 78.4 Å². The second-order valence-electron chi connectivity index (χ2n) is 9.20. The average molecular weight is 567 g/mol. The van der Waals surface area contributed by atoms with Crippen molar-refractivity contribution in [1.82, 2.24) is 9.88 Å². The first kappa shape index (κ1) is 28.5. The standard InChI is InChI=1S/C29H34N4O4S2/c1-5-33(23-11-8-7-9-12-23)39(35,36)25-16-13-22(14-17-25)28(34)32(20-10-19-31(3)4)29-30-26-18-15-24(37-6-2)21-27(26)38-29/h7-9,11-18,21H,5-6,10,19-20H2,1-4H3. The zero-order valence-corrected chi connectivity index (χ0v) is 24.3. The molecule has 0 aliphatic heterocycles. The predicted molar refractivity (Wildman–Crippen MR) is 159 cm³/mol. The van der Waals surface area contributed by atoms with Gasteiger partial charge in [0, 0.05) is 18.7 Å². The number of fused-ring (bicyclic) bond motifs is 1. The van der Waals surface area contributed by atoms with Crippen LogP contribution in [-0.2, 0) is 10.0 Å². The Morgan fingerprint density at radius 2 is 1.67 bits per heavy atom. The van der Waals surface area contributed by atoms with Gasteiger partial charge in [0.05, 0.1) is 27.4 Å². The Morgan fingerprint density at radius 3 is 2.31 bits per heavy atom. The number of benzene rings is 3. The molecule has 1 amide bonds. The lowest BCUT2D eigenvalue weighted by Gasteiger charge is -2.23. The van der Waals surface area contributed by atoms with Crippen LogP contribution in [0.5, 0.6) is 5.75 Å². The summed E-state index contributed by atoms with van der Waals surface area (Å²) in [5, 5.41) is 0.598. The topological polar surface area (TPSA) is 83.0 Å². The van der Waals surface area contributed by atoms with E-state index in [2.05, 4.69) is 4.90 Å². The quantitative estimate of drug-likeness (QED) is 0.225. The van der Waals surface area contributed by atoms with Crippen LogP contribution in [0.2, 0.25) is 0 Å². The minimum Gasteiger partial charge on any atom is -0.494 e. The molecule has 1 heterocycles. The van der Waals surface area contributed by atoms with Gasteiger partial charge in [0.15, 0.2) is 5.13 Å². The maximum atomic E-state index is 13.7. The summed E-state index contributed by atoms with van der Waals surface area (Å²) >= 11 is 1.44. The number of hydrogen-bond acceptors (Lipinski definition) is 7. The van der Waals surface area contributed by atoms with E-state index in [1.807, 2.05) is 45.3 Å². The Hall–Kier alpha value is -3.47. The largest absolute Gasteiger partial charge is 0.494 e. The van der Waals surface area contributed by atoms with Crippen molar-refractivity contribution < 1.29 is 17.9 Å². The number of anilines is 2. The van der Waals surface area contributed by atoms with E-state index in [1.54, 1.807) is 48.2 Å². The number of sulfonamides is 1. The average Bonchev–Trinajstić information content (AvgIpc) is 3.35. The van der Waals surface area contributed by atoms with E-state index in [0.717, 1.165) is 28.9 Å².